The quantitative estimate of drug-likeness (QED) is 0.230. The molecule has 0 rings (SSSR count). The van der Waals surface area contributed by atoms with E-state index >= 15 is 0 Å². The molecule has 0 aliphatic rings. The third-order valence-corrected chi connectivity index (χ3v) is 4.70. The molecule has 0 heterocycles. The number of hydrogen-bond acceptors (Lipinski definition) is 3. The van der Waals surface area contributed by atoms with Gasteiger partial charge in [0, 0.05) is 19.0 Å². The van der Waals surface area contributed by atoms with Crippen LogP contribution in [0.15, 0.2) is 0 Å². The normalized spacial score (nSPS) is 12.4. The number of unbranched alkanes of at least 4 members (excludes halogenated alkanes) is 11. The van der Waals surface area contributed by atoms with E-state index in [0.29, 0.717) is 17.6 Å². The Bertz CT molecular complexity index is 316. The molecule has 0 aromatic carbocycles. The average molecular weight is 402 g/mol. The van der Waals surface area contributed by atoms with Crippen molar-refractivity contribution in [3.8, 4) is 0 Å². The Kier molecular flexibility index (Phi) is 22.3. The molecular formula is C24H51NO3. The maximum Gasteiger partial charge on any atom is 0.112 e. The van der Waals surface area contributed by atoms with Gasteiger partial charge < -0.3 is 19.1 Å². The first kappa shape index (κ1) is 29.6. The van der Waals surface area contributed by atoms with Gasteiger partial charge in [-0.05, 0) is 6.42 Å². The van der Waals surface area contributed by atoms with Crippen molar-refractivity contribution in [1.82, 2.24) is 0 Å². The molecular weight excluding hydrogens is 350 g/mol. The van der Waals surface area contributed by atoms with Crippen LogP contribution in [-0.4, -0.2) is 50.9 Å². The largest absolute Gasteiger partial charge is 0.550 e. The molecule has 170 valence electrons. The summed E-state index contributed by atoms with van der Waals surface area (Å²) in [6.45, 7) is 8.03. The Morgan fingerprint density at radius 3 is 1.50 bits per heavy atom. The number of nitrogens with zero attached hydrogens (tertiary/aromatic N) is 1. The standard InChI is InChI=1S/C12H25NO3.C12H26/c1-5-6-7-8-16-11(9-12(14)15)10-13(2,3)4;1-3-5-7-9-11-12-10-8-6-4-2/h11H,5-10H2,1-4H3;3-12H2,1-2H3. The highest BCUT2D eigenvalue weighted by molar-refractivity contribution is 5.64. The summed E-state index contributed by atoms with van der Waals surface area (Å²) in [6, 6.07) is 0. The molecule has 0 aromatic heterocycles. The second-order valence-corrected chi connectivity index (χ2v) is 9.08. The van der Waals surface area contributed by atoms with Crippen LogP contribution in [0.4, 0.5) is 0 Å². The van der Waals surface area contributed by atoms with Gasteiger partial charge in [0.15, 0.2) is 0 Å². The van der Waals surface area contributed by atoms with E-state index in [2.05, 4.69) is 20.8 Å². The van der Waals surface area contributed by atoms with Crippen LogP contribution >= 0.6 is 0 Å². The average Bonchev–Trinajstić information content (AvgIpc) is 2.60. The van der Waals surface area contributed by atoms with Gasteiger partial charge in [-0.1, -0.05) is 97.8 Å². The van der Waals surface area contributed by atoms with Gasteiger partial charge in [-0.3, -0.25) is 0 Å². The van der Waals surface area contributed by atoms with E-state index in [1.165, 1.54) is 64.2 Å². The highest BCUT2D eigenvalue weighted by Gasteiger charge is 2.18. The maximum atomic E-state index is 10.6. The predicted octanol–water partition coefficient (Wildman–Crippen LogP) is 5.34. The molecule has 0 saturated carbocycles. The summed E-state index contributed by atoms with van der Waals surface area (Å²) in [6.07, 6.45) is 17.5. The van der Waals surface area contributed by atoms with Crippen LogP contribution in [0, 0.1) is 0 Å². The fourth-order valence-electron chi connectivity index (χ4n) is 3.14. The van der Waals surface area contributed by atoms with Crippen molar-refractivity contribution >= 4 is 5.97 Å². The number of hydrogen-bond donors (Lipinski definition) is 0. The van der Waals surface area contributed by atoms with E-state index < -0.39 is 5.97 Å². The van der Waals surface area contributed by atoms with E-state index in [9.17, 15) is 9.90 Å². The molecule has 0 aromatic rings. The molecule has 0 N–H and O–H groups in total. The van der Waals surface area contributed by atoms with Crippen molar-refractivity contribution in [2.24, 2.45) is 0 Å². The summed E-state index contributed by atoms with van der Waals surface area (Å²) in [5.41, 5.74) is 0. The van der Waals surface area contributed by atoms with Crippen LogP contribution in [0.2, 0.25) is 0 Å². The van der Waals surface area contributed by atoms with Crippen LogP contribution in [0.5, 0.6) is 0 Å². The first-order valence-electron chi connectivity index (χ1n) is 11.9. The molecule has 0 aliphatic heterocycles. The lowest BCUT2D eigenvalue weighted by Gasteiger charge is -2.29. The van der Waals surface area contributed by atoms with Gasteiger partial charge in [0.1, 0.15) is 12.6 Å². The number of carbonyl (C=O) groups excluding carboxylic acids is 1. The Morgan fingerprint density at radius 2 is 1.14 bits per heavy atom. The van der Waals surface area contributed by atoms with Crippen LogP contribution in [0.1, 0.15) is 111 Å². The summed E-state index contributed by atoms with van der Waals surface area (Å²) >= 11 is 0. The van der Waals surface area contributed by atoms with Crippen molar-refractivity contribution < 1.29 is 19.1 Å². The highest BCUT2D eigenvalue weighted by atomic mass is 16.5. The summed E-state index contributed by atoms with van der Waals surface area (Å²) in [5.74, 6) is -1.03. The zero-order valence-corrected chi connectivity index (χ0v) is 20.1. The van der Waals surface area contributed by atoms with E-state index in [4.69, 9.17) is 4.74 Å². The zero-order chi connectivity index (χ0) is 21.7. The predicted molar refractivity (Wildman–Crippen MR) is 119 cm³/mol. The van der Waals surface area contributed by atoms with Gasteiger partial charge >= 0.3 is 0 Å². The second-order valence-electron chi connectivity index (χ2n) is 9.08. The van der Waals surface area contributed by atoms with Gasteiger partial charge in [-0.25, -0.2) is 0 Å². The molecule has 0 radical (unpaired) electrons. The lowest BCUT2D eigenvalue weighted by atomic mass is 10.1. The summed E-state index contributed by atoms with van der Waals surface area (Å²) in [4.78, 5) is 10.6. The zero-order valence-electron chi connectivity index (χ0n) is 20.1. The third kappa shape index (κ3) is 27.6. The number of likely N-dealkylation sites (N-methyl/N-ethyl adjacent to an activating group) is 1. The SMILES string of the molecule is CCCCCCCCCCCC.CCCCCOC(CC(=O)[O-])C[N+](C)(C)C. The first-order chi connectivity index (χ1) is 13.3. The number of carbonyl (C=O) groups is 1. The molecule has 1 unspecified atom stereocenters. The van der Waals surface area contributed by atoms with Gasteiger partial charge in [0.2, 0.25) is 0 Å². The van der Waals surface area contributed by atoms with Gasteiger partial charge in [0.05, 0.1) is 21.1 Å². The van der Waals surface area contributed by atoms with Gasteiger partial charge in [-0.15, -0.1) is 0 Å². The first-order valence-corrected chi connectivity index (χ1v) is 11.9. The van der Waals surface area contributed by atoms with Crippen LogP contribution in [0.25, 0.3) is 0 Å². The van der Waals surface area contributed by atoms with E-state index in [1.807, 2.05) is 21.1 Å². The van der Waals surface area contributed by atoms with Crippen molar-refractivity contribution in [1.29, 1.82) is 0 Å². The van der Waals surface area contributed by atoms with Crippen LogP contribution < -0.4 is 5.11 Å². The Morgan fingerprint density at radius 1 is 0.750 bits per heavy atom. The highest BCUT2D eigenvalue weighted by Crippen LogP contribution is 2.10. The number of quaternary nitrogens is 1. The monoisotopic (exact) mass is 401 g/mol. The number of carboxylic acid groups (broad SMARTS) is 1. The third-order valence-electron chi connectivity index (χ3n) is 4.70. The second kappa shape index (κ2) is 21.1. The number of rotatable bonds is 18. The molecule has 0 spiro atoms. The van der Waals surface area contributed by atoms with E-state index in [1.54, 1.807) is 0 Å². The molecule has 0 amide bonds. The molecule has 4 nitrogen and oxygen atoms in total. The Balaban J connectivity index is 0. The number of carboxylic acids is 1. The number of ether oxygens (including phenoxy) is 1. The number of aliphatic carboxylic acids is 1. The lowest BCUT2D eigenvalue weighted by molar-refractivity contribution is -0.873. The van der Waals surface area contributed by atoms with E-state index in [-0.39, 0.29) is 12.5 Å². The summed E-state index contributed by atoms with van der Waals surface area (Å²) < 4.78 is 6.29. The van der Waals surface area contributed by atoms with E-state index in [0.717, 1.165) is 19.3 Å². The minimum absolute atomic E-state index is 0.0123. The summed E-state index contributed by atoms with van der Waals surface area (Å²) in [5, 5.41) is 10.6. The van der Waals surface area contributed by atoms with Crippen molar-refractivity contribution in [2.75, 3.05) is 34.3 Å². The molecule has 1 atom stereocenters. The minimum atomic E-state index is -1.03. The van der Waals surface area contributed by atoms with Crippen LogP contribution in [-0.2, 0) is 9.53 Å². The van der Waals surface area contributed by atoms with Gasteiger partial charge in [-0.2, -0.15) is 0 Å². The molecule has 0 saturated heterocycles. The van der Waals surface area contributed by atoms with Crippen molar-refractivity contribution in [3.63, 3.8) is 0 Å². The molecule has 28 heavy (non-hydrogen) atoms. The van der Waals surface area contributed by atoms with Gasteiger partial charge in [0.25, 0.3) is 0 Å². The Labute approximate surface area is 176 Å². The molecule has 0 aliphatic carbocycles. The topological polar surface area (TPSA) is 49.4 Å². The minimum Gasteiger partial charge on any atom is -0.550 e. The molecule has 4 heteroatoms. The van der Waals surface area contributed by atoms with Crippen molar-refractivity contribution in [3.05, 3.63) is 0 Å². The lowest BCUT2D eigenvalue weighted by Crippen LogP contribution is -2.44. The summed E-state index contributed by atoms with van der Waals surface area (Å²) in [7, 11) is 6.08. The fourth-order valence-corrected chi connectivity index (χ4v) is 3.14. The molecule has 0 fully saturated rings. The Hall–Kier alpha value is -0.610. The van der Waals surface area contributed by atoms with Crippen molar-refractivity contribution in [2.45, 2.75) is 117 Å². The van der Waals surface area contributed by atoms with Crippen LogP contribution in [0.3, 0.4) is 0 Å². The smallest absolute Gasteiger partial charge is 0.112 e. The fraction of sp³-hybridized carbons (Fsp3) is 0.958. The molecule has 0 bridgehead atoms. The maximum absolute atomic E-state index is 10.6.